The zero-order valence-electron chi connectivity index (χ0n) is 10.3. The van der Waals surface area contributed by atoms with Gasteiger partial charge in [0.2, 0.25) is 0 Å². The summed E-state index contributed by atoms with van der Waals surface area (Å²) < 4.78 is 39.4. The van der Waals surface area contributed by atoms with E-state index >= 15 is 0 Å². The maximum Gasteiger partial charge on any atom is 0.261 e. The van der Waals surface area contributed by atoms with E-state index < -0.39 is 27.4 Å². The van der Waals surface area contributed by atoms with Crippen molar-refractivity contribution >= 4 is 33.3 Å². The highest BCUT2D eigenvalue weighted by Crippen LogP contribution is 2.22. The van der Waals surface area contributed by atoms with E-state index in [1.165, 1.54) is 12.1 Å². The van der Waals surface area contributed by atoms with Gasteiger partial charge in [-0.25, -0.2) is 12.8 Å². The van der Waals surface area contributed by atoms with E-state index in [4.69, 9.17) is 11.6 Å². The number of benzene rings is 2. The molecule has 0 aromatic heterocycles. The monoisotopic (exact) mass is 328 g/mol. The number of carbonyl (C=O) groups is 1. The Morgan fingerprint density at radius 1 is 1.19 bits per heavy atom. The third-order valence-electron chi connectivity index (χ3n) is 2.54. The molecule has 0 saturated carbocycles. The minimum atomic E-state index is -4.07. The smallest absolute Gasteiger partial charge is 0.261 e. The molecule has 0 amide bonds. The van der Waals surface area contributed by atoms with E-state index in [1.807, 2.05) is 0 Å². The Morgan fingerprint density at radius 2 is 1.90 bits per heavy atom. The summed E-state index contributed by atoms with van der Waals surface area (Å²) >= 11 is 5.64. The largest absolute Gasteiger partial charge is 0.545 e. The van der Waals surface area contributed by atoms with Gasteiger partial charge < -0.3 is 9.90 Å². The van der Waals surface area contributed by atoms with Crippen molar-refractivity contribution < 1.29 is 22.7 Å². The number of anilines is 1. The zero-order chi connectivity index (χ0) is 15.6. The Balaban J connectivity index is 2.40. The molecule has 0 heterocycles. The molecule has 0 aliphatic carbocycles. The summed E-state index contributed by atoms with van der Waals surface area (Å²) in [5, 5.41) is 10.7. The second-order valence-corrected chi connectivity index (χ2v) is 6.13. The van der Waals surface area contributed by atoms with E-state index in [9.17, 15) is 22.7 Å². The van der Waals surface area contributed by atoms with Gasteiger partial charge in [-0.1, -0.05) is 17.7 Å². The Bertz CT molecular complexity index is 808. The zero-order valence-corrected chi connectivity index (χ0v) is 11.9. The molecule has 0 aliphatic heterocycles. The van der Waals surface area contributed by atoms with Crippen LogP contribution in [0.25, 0.3) is 0 Å². The first-order valence-electron chi connectivity index (χ1n) is 5.59. The summed E-state index contributed by atoms with van der Waals surface area (Å²) in [7, 11) is -4.07. The molecule has 2 aromatic carbocycles. The summed E-state index contributed by atoms with van der Waals surface area (Å²) in [5.74, 6) is -2.20. The van der Waals surface area contributed by atoms with Gasteiger partial charge in [-0.05, 0) is 36.4 Å². The molecule has 2 rings (SSSR count). The molecule has 110 valence electrons. The van der Waals surface area contributed by atoms with Crippen LogP contribution in [0.2, 0.25) is 5.02 Å². The molecule has 0 aliphatic rings. The SMILES string of the molecule is O=C([O-])c1cc(S(=O)(=O)Nc2cccc(F)c2)ccc1Cl. The van der Waals surface area contributed by atoms with Crippen LogP contribution in [0.4, 0.5) is 10.1 Å². The van der Waals surface area contributed by atoms with Gasteiger partial charge in [-0.15, -0.1) is 0 Å². The molecular weight excluding hydrogens is 321 g/mol. The Hall–Kier alpha value is -2.12. The first kappa shape index (κ1) is 15.3. The van der Waals surface area contributed by atoms with E-state index in [-0.39, 0.29) is 15.6 Å². The van der Waals surface area contributed by atoms with Crippen molar-refractivity contribution in [3.05, 3.63) is 58.9 Å². The average Bonchev–Trinajstić information content (AvgIpc) is 2.38. The van der Waals surface area contributed by atoms with Gasteiger partial charge in [0, 0.05) is 10.6 Å². The predicted octanol–water partition coefficient (Wildman–Crippen LogP) is 1.64. The quantitative estimate of drug-likeness (QED) is 0.924. The molecule has 0 bridgehead atoms. The van der Waals surface area contributed by atoms with Crippen LogP contribution in [0, 0.1) is 5.82 Å². The lowest BCUT2D eigenvalue weighted by Crippen LogP contribution is -2.23. The van der Waals surface area contributed by atoms with Crippen molar-refractivity contribution in [3.63, 3.8) is 0 Å². The summed E-state index contributed by atoms with van der Waals surface area (Å²) in [6.07, 6.45) is 0. The van der Waals surface area contributed by atoms with Crippen molar-refractivity contribution in [1.82, 2.24) is 0 Å². The molecule has 8 heteroatoms. The van der Waals surface area contributed by atoms with Gasteiger partial charge in [0.05, 0.1) is 16.6 Å². The normalized spacial score (nSPS) is 11.1. The molecule has 0 unspecified atom stereocenters. The van der Waals surface area contributed by atoms with Crippen LogP contribution in [-0.4, -0.2) is 14.4 Å². The van der Waals surface area contributed by atoms with Crippen LogP contribution in [0.1, 0.15) is 10.4 Å². The van der Waals surface area contributed by atoms with E-state index in [0.717, 1.165) is 30.3 Å². The fraction of sp³-hybridized carbons (Fsp3) is 0. The first-order chi connectivity index (χ1) is 9.79. The van der Waals surface area contributed by atoms with Crippen LogP contribution in [-0.2, 0) is 10.0 Å². The maximum atomic E-state index is 13.0. The van der Waals surface area contributed by atoms with Crippen LogP contribution in [0.15, 0.2) is 47.4 Å². The van der Waals surface area contributed by atoms with Crippen molar-refractivity contribution in [3.8, 4) is 0 Å². The summed E-state index contributed by atoms with van der Waals surface area (Å²) in [5.41, 5.74) is -0.432. The Morgan fingerprint density at radius 3 is 2.52 bits per heavy atom. The van der Waals surface area contributed by atoms with Gasteiger partial charge >= 0.3 is 0 Å². The number of halogens is 2. The van der Waals surface area contributed by atoms with Gasteiger partial charge in [0.15, 0.2) is 0 Å². The summed E-state index contributed by atoms with van der Waals surface area (Å²) in [6, 6.07) is 7.99. The molecule has 21 heavy (non-hydrogen) atoms. The highest BCUT2D eigenvalue weighted by atomic mass is 35.5. The third-order valence-corrected chi connectivity index (χ3v) is 4.25. The minimum Gasteiger partial charge on any atom is -0.545 e. The Labute approximate surface area is 125 Å². The van der Waals surface area contributed by atoms with Crippen molar-refractivity contribution in [2.75, 3.05) is 4.72 Å². The lowest BCUT2D eigenvalue weighted by molar-refractivity contribution is -0.255. The van der Waals surface area contributed by atoms with Gasteiger partial charge in [0.25, 0.3) is 10.0 Å². The number of hydrogen-bond donors (Lipinski definition) is 1. The molecule has 0 saturated heterocycles. The minimum absolute atomic E-state index is 0.0138. The van der Waals surface area contributed by atoms with E-state index in [2.05, 4.69) is 4.72 Å². The fourth-order valence-electron chi connectivity index (χ4n) is 1.59. The number of sulfonamides is 1. The van der Waals surface area contributed by atoms with Crippen molar-refractivity contribution in [2.24, 2.45) is 0 Å². The molecule has 0 fully saturated rings. The van der Waals surface area contributed by atoms with Crippen molar-refractivity contribution in [1.29, 1.82) is 0 Å². The topological polar surface area (TPSA) is 86.3 Å². The standard InChI is InChI=1S/C13H9ClFNO4S/c14-12-5-4-10(7-11(12)13(17)18)21(19,20)16-9-3-1-2-8(15)6-9/h1-7,16H,(H,17,18)/p-1. The van der Waals surface area contributed by atoms with Crippen LogP contribution >= 0.6 is 11.6 Å². The maximum absolute atomic E-state index is 13.0. The van der Waals surface area contributed by atoms with Crippen molar-refractivity contribution in [2.45, 2.75) is 4.90 Å². The number of hydrogen-bond acceptors (Lipinski definition) is 4. The Kier molecular flexibility index (Phi) is 4.15. The molecule has 2 aromatic rings. The van der Waals surface area contributed by atoms with Gasteiger partial charge in [-0.3, -0.25) is 4.72 Å². The molecule has 5 nitrogen and oxygen atoms in total. The summed E-state index contributed by atoms with van der Waals surface area (Å²) in [6.45, 7) is 0. The third kappa shape index (κ3) is 3.50. The van der Waals surface area contributed by atoms with Crippen LogP contribution < -0.4 is 9.83 Å². The highest BCUT2D eigenvalue weighted by Gasteiger charge is 2.16. The number of aromatic carboxylic acids is 1. The fourth-order valence-corrected chi connectivity index (χ4v) is 2.86. The number of carboxylic acids is 1. The lowest BCUT2D eigenvalue weighted by Gasteiger charge is -2.11. The number of rotatable bonds is 4. The number of carbonyl (C=O) groups excluding carboxylic acids is 1. The molecule has 1 N–H and O–H groups in total. The summed E-state index contributed by atoms with van der Waals surface area (Å²) in [4.78, 5) is 10.5. The molecule has 0 spiro atoms. The van der Waals surface area contributed by atoms with Crippen LogP contribution in [0.5, 0.6) is 0 Å². The number of carboxylic acid groups (broad SMARTS) is 1. The first-order valence-corrected chi connectivity index (χ1v) is 7.45. The molecular formula is C13H8ClFNO4S-. The second-order valence-electron chi connectivity index (χ2n) is 4.04. The van der Waals surface area contributed by atoms with Gasteiger partial charge in [-0.2, -0.15) is 0 Å². The molecule has 0 radical (unpaired) electrons. The van der Waals surface area contributed by atoms with E-state index in [0.29, 0.717) is 0 Å². The second kappa shape index (κ2) is 5.71. The van der Waals surface area contributed by atoms with Crippen LogP contribution in [0.3, 0.4) is 0 Å². The predicted molar refractivity (Wildman–Crippen MR) is 73.0 cm³/mol. The average molecular weight is 329 g/mol. The lowest BCUT2D eigenvalue weighted by atomic mass is 10.2. The number of nitrogens with one attached hydrogen (secondary N) is 1. The highest BCUT2D eigenvalue weighted by molar-refractivity contribution is 7.92. The molecule has 0 atom stereocenters. The van der Waals surface area contributed by atoms with Gasteiger partial charge in [0.1, 0.15) is 5.82 Å². The van der Waals surface area contributed by atoms with E-state index in [1.54, 1.807) is 0 Å².